The molecule has 0 aliphatic rings. The third-order valence-corrected chi connectivity index (χ3v) is 4.33. The zero-order valence-electron chi connectivity index (χ0n) is 15.3. The summed E-state index contributed by atoms with van der Waals surface area (Å²) < 4.78 is 10.9. The van der Waals surface area contributed by atoms with Gasteiger partial charge < -0.3 is 14.2 Å². The van der Waals surface area contributed by atoms with Crippen molar-refractivity contribution in [3.63, 3.8) is 0 Å². The number of rotatable bonds is 6. The molecule has 1 heterocycles. The first kappa shape index (κ1) is 18.9. The minimum Gasteiger partial charge on any atom is -0.479 e. The molecule has 0 aliphatic carbocycles. The van der Waals surface area contributed by atoms with Gasteiger partial charge in [0.1, 0.15) is 5.75 Å². The molecule has 0 N–H and O–H groups in total. The molecule has 1 atom stereocenters. The second-order valence-electron chi connectivity index (χ2n) is 6.26. The molecule has 6 nitrogen and oxygen atoms in total. The van der Waals surface area contributed by atoms with Gasteiger partial charge in [0.15, 0.2) is 6.10 Å². The highest BCUT2D eigenvalue weighted by molar-refractivity contribution is 6.32. The number of halogens is 1. The summed E-state index contributed by atoms with van der Waals surface area (Å²) in [6.07, 6.45) is -0.700. The maximum absolute atomic E-state index is 12.5. The predicted octanol–water partition coefficient (Wildman–Crippen LogP) is 4.12. The molecule has 0 saturated carbocycles. The van der Waals surface area contributed by atoms with E-state index in [2.05, 4.69) is 10.1 Å². The lowest BCUT2D eigenvalue weighted by Crippen LogP contribution is -2.37. The number of carbonyl (C=O) groups excluding carboxylic acids is 1. The number of hydrogen-bond acceptors (Lipinski definition) is 5. The van der Waals surface area contributed by atoms with Crippen molar-refractivity contribution >= 4 is 17.5 Å². The molecule has 3 rings (SSSR count). The number of para-hydroxylation sites is 1. The number of ether oxygens (including phenoxy) is 1. The average molecular weight is 386 g/mol. The summed E-state index contributed by atoms with van der Waals surface area (Å²) in [5, 5.41) is 4.44. The summed E-state index contributed by atoms with van der Waals surface area (Å²) in [5.41, 5.74) is 2.01. The first-order chi connectivity index (χ1) is 12.9. The van der Waals surface area contributed by atoms with E-state index in [0.29, 0.717) is 22.5 Å². The van der Waals surface area contributed by atoms with Crippen LogP contribution < -0.4 is 4.74 Å². The average Bonchev–Trinajstić information content (AvgIpc) is 3.12. The van der Waals surface area contributed by atoms with Crippen molar-refractivity contribution < 1.29 is 14.1 Å². The molecule has 0 saturated heterocycles. The number of likely N-dealkylation sites (N-methyl/N-ethyl adjacent to an activating group) is 1. The normalized spacial score (nSPS) is 11.9. The topological polar surface area (TPSA) is 68.5 Å². The predicted molar refractivity (Wildman–Crippen MR) is 102 cm³/mol. The molecule has 140 valence electrons. The van der Waals surface area contributed by atoms with Gasteiger partial charge in [-0.25, -0.2) is 0 Å². The summed E-state index contributed by atoms with van der Waals surface area (Å²) >= 11 is 6.07. The maximum atomic E-state index is 12.5. The standard InChI is InChI=1S/C20H20ClN3O3/c1-13-8-10-15(11-9-13)19-22-18(27-23-19)12-24(3)20(25)14(2)26-17-7-5-4-6-16(17)21/h4-11,14H,12H2,1-3H3/t14-/m1/s1. The highest BCUT2D eigenvalue weighted by atomic mass is 35.5. The van der Waals surface area contributed by atoms with E-state index in [9.17, 15) is 4.79 Å². The summed E-state index contributed by atoms with van der Waals surface area (Å²) in [6, 6.07) is 14.9. The van der Waals surface area contributed by atoms with Gasteiger partial charge >= 0.3 is 0 Å². The van der Waals surface area contributed by atoms with Crippen LogP contribution in [-0.2, 0) is 11.3 Å². The Morgan fingerprint density at radius 1 is 1.22 bits per heavy atom. The van der Waals surface area contributed by atoms with Crippen LogP contribution in [0.5, 0.6) is 5.75 Å². The minimum atomic E-state index is -0.700. The Kier molecular flexibility index (Phi) is 5.76. The van der Waals surface area contributed by atoms with Crippen LogP contribution in [0.1, 0.15) is 18.4 Å². The number of hydrogen-bond donors (Lipinski definition) is 0. The Balaban J connectivity index is 1.63. The van der Waals surface area contributed by atoms with Crippen molar-refractivity contribution in [3.8, 4) is 17.1 Å². The summed E-state index contributed by atoms with van der Waals surface area (Å²) in [5.74, 6) is 1.09. The summed E-state index contributed by atoms with van der Waals surface area (Å²) in [6.45, 7) is 3.87. The largest absolute Gasteiger partial charge is 0.479 e. The van der Waals surface area contributed by atoms with Gasteiger partial charge in [-0.05, 0) is 26.0 Å². The lowest BCUT2D eigenvalue weighted by molar-refractivity contribution is -0.137. The molecule has 0 radical (unpaired) electrons. The first-order valence-corrected chi connectivity index (χ1v) is 8.87. The van der Waals surface area contributed by atoms with Crippen molar-refractivity contribution in [2.45, 2.75) is 26.5 Å². The Labute approximate surface area is 162 Å². The Bertz CT molecular complexity index is 924. The van der Waals surface area contributed by atoms with Crippen molar-refractivity contribution in [2.75, 3.05) is 7.05 Å². The lowest BCUT2D eigenvalue weighted by Gasteiger charge is -2.21. The van der Waals surface area contributed by atoms with Crippen molar-refractivity contribution in [1.29, 1.82) is 0 Å². The fraction of sp³-hybridized carbons (Fsp3) is 0.250. The number of carbonyl (C=O) groups is 1. The fourth-order valence-electron chi connectivity index (χ4n) is 2.51. The highest BCUT2D eigenvalue weighted by Crippen LogP contribution is 2.24. The van der Waals surface area contributed by atoms with Crippen LogP contribution in [0.2, 0.25) is 5.02 Å². The van der Waals surface area contributed by atoms with E-state index in [0.717, 1.165) is 11.1 Å². The Morgan fingerprint density at radius 2 is 1.93 bits per heavy atom. The number of amides is 1. The van der Waals surface area contributed by atoms with E-state index in [-0.39, 0.29) is 12.5 Å². The Morgan fingerprint density at radius 3 is 2.63 bits per heavy atom. The lowest BCUT2D eigenvalue weighted by atomic mass is 10.1. The van der Waals surface area contributed by atoms with Crippen LogP contribution in [0, 0.1) is 6.92 Å². The second kappa shape index (κ2) is 8.22. The van der Waals surface area contributed by atoms with E-state index in [1.54, 1.807) is 38.2 Å². The van der Waals surface area contributed by atoms with Crippen LogP contribution in [0.4, 0.5) is 0 Å². The monoisotopic (exact) mass is 385 g/mol. The highest BCUT2D eigenvalue weighted by Gasteiger charge is 2.22. The molecule has 0 fully saturated rings. The summed E-state index contributed by atoms with van der Waals surface area (Å²) in [7, 11) is 1.66. The zero-order valence-corrected chi connectivity index (χ0v) is 16.1. The van der Waals surface area contributed by atoms with Crippen molar-refractivity contribution in [1.82, 2.24) is 15.0 Å². The number of aromatic nitrogens is 2. The third kappa shape index (κ3) is 4.65. The van der Waals surface area contributed by atoms with Crippen molar-refractivity contribution in [2.24, 2.45) is 0 Å². The molecule has 7 heteroatoms. The molecule has 0 spiro atoms. The van der Waals surface area contributed by atoms with E-state index in [1.165, 1.54) is 4.90 Å². The molecule has 0 bridgehead atoms. The zero-order chi connectivity index (χ0) is 19.4. The van der Waals surface area contributed by atoms with Crippen LogP contribution in [0.15, 0.2) is 53.1 Å². The number of benzene rings is 2. The van der Waals surface area contributed by atoms with Gasteiger partial charge in [-0.2, -0.15) is 4.98 Å². The van der Waals surface area contributed by atoms with E-state index >= 15 is 0 Å². The van der Waals surface area contributed by atoms with E-state index in [4.69, 9.17) is 20.9 Å². The van der Waals surface area contributed by atoms with Gasteiger partial charge in [-0.1, -0.05) is 58.7 Å². The van der Waals surface area contributed by atoms with Crippen LogP contribution in [0.25, 0.3) is 11.4 Å². The second-order valence-corrected chi connectivity index (χ2v) is 6.67. The van der Waals surface area contributed by atoms with Gasteiger partial charge in [0, 0.05) is 12.6 Å². The third-order valence-electron chi connectivity index (χ3n) is 4.01. The van der Waals surface area contributed by atoms with Crippen LogP contribution in [0.3, 0.4) is 0 Å². The number of nitrogens with zero attached hydrogens (tertiary/aromatic N) is 3. The van der Waals surface area contributed by atoms with E-state index < -0.39 is 6.10 Å². The molecule has 0 aliphatic heterocycles. The first-order valence-electron chi connectivity index (χ1n) is 8.50. The van der Waals surface area contributed by atoms with Gasteiger partial charge in [-0.15, -0.1) is 0 Å². The maximum Gasteiger partial charge on any atom is 0.263 e. The van der Waals surface area contributed by atoms with Gasteiger partial charge in [-0.3, -0.25) is 4.79 Å². The van der Waals surface area contributed by atoms with Gasteiger partial charge in [0.25, 0.3) is 5.91 Å². The van der Waals surface area contributed by atoms with Crippen LogP contribution in [-0.4, -0.2) is 34.1 Å². The smallest absolute Gasteiger partial charge is 0.263 e. The molecular formula is C20H20ClN3O3. The molecule has 2 aromatic carbocycles. The quantitative estimate of drug-likeness (QED) is 0.638. The van der Waals surface area contributed by atoms with Gasteiger partial charge in [0.2, 0.25) is 11.7 Å². The minimum absolute atomic E-state index is 0.188. The number of aryl methyl sites for hydroxylation is 1. The fourth-order valence-corrected chi connectivity index (χ4v) is 2.69. The molecular weight excluding hydrogens is 366 g/mol. The molecule has 3 aromatic rings. The van der Waals surface area contributed by atoms with Crippen LogP contribution >= 0.6 is 11.6 Å². The molecule has 0 unspecified atom stereocenters. The van der Waals surface area contributed by atoms with Gasteiger partial charge in [0.05, 0.1) is 11.6 Å². The molecule has 1 amide bonds. The summed E-state index contributed by atoms with van der Waals surface area (Å²) in [4.78, 5) is 18.4. The Hall–Kier alpha value is -2.86. The molecule has 1 aromatic heterocycles. The van der Waals surface area contributed by atoms with Crippen molar-refractivity contribution in [3.05, 3.63) is 65.0 Å². The van der Waals surface area contributed by atoms with E-state index in [1.807, 2.05) is 31.2 Å². The SMILES string of the molecule is Cc1ccc(-c2noc(CN(C)C(=O)[C@@H](C)Oc3ccccc3Cl)n2)cc1. The molecule has 27 heavy (non-hydrogen) atoms.